The van der Waals surface area contributed by atoms with E-state index in [9.17, 15) is 4.79 Å². The van der Waals surface area contributed by atoms with Gasteiger partial charge >= 0.3 is 0 Å². The van der Waals surface area contributed by atoms with Gasteiger partial charge in [0, 0.05) is 32.3 Å². The van der Waals surface area contributed by atoms with Crippen LogP contribution in [-0.4, -0.2) is 49.9 Å². The van der Waals surface area contributed by atoms with Crippen molar-refractivity contribution in [3.63, 3.8) is 0 Å². The molecule has 0 spiro atoms. The Labute approximate surface area is 159 Å². The predicted octanol–water partition coefficient (Wildman–Crippen LogP) is 2.87. The minimum Gasteiger partial charge on any atom is -0.343 e. The van der Waals surface area contributed by atoms with Crippen molar-refractivity contribution in [2.75, 3.05) is 18.8 Å². The van der Waals surface area contributed by atoms with E-state index in [1.807, 2.05) is 11.9 Å². The van der Waals surface area contributed by atoms with Crippen LogP contribution in [0.25, 0.3) is 0 Å². The predicted molar refractivity (Wildman–Crippen MR) is 103 cm³/mol. The molecule has 1 aromatic heterocycles. The number of hydrogen-bond donors (Lipinski definition) is 0. The third-order valence-corrected chi connectivity index (χ3v) is 6.07. The van der Waals surface area contributed by atoms with Crippen molar-refractivity contribution in [2.45, 2.75) is 44.2 Å². The number of tetrazole rings is 1. The number of aromatic nitrogens is 4. The third kappa shape index (κ3) is 5.30. The van der Waals surface area contributed by atoms with Gasteiger partial charge in [-0.05, 0) is 54.5 Å². The molecule has 2 heterocycles. The van der Waals surface area contributed by atoms with Crippen LogP contribution < -0.4 is 0 Å². The summed E-state index contributed by atoms with van der Waals surface area (Å²) in [5.41, 5.74) is 2.73. The Morgan fingerprint density at radius 3 is 2.62 bits per heavy atom. The van der Waals surface area contributed by atoms with Gasteiger partial charge in [0.15, 0.2) is 0 Å². The molecule has 7 heteroatoms. The molecule has 1 amide bonds. The second kappa shape index (κ2) is 9.16. The molecule has 1 aliphatic rings. The first kappa shape index (κ1) is 18.9. The van der Waals surface area contributed by atoms with E-state index < -0.39 is 0 Å². The number of likely N-dealkylation sites (tertiary alicyclic amines) is 1. The highest BCUT2D eigenvalue weighted by Gasteiger charge is 2.22. The minimum atomic E-state index is 0.254. The summed E-state index contributed by atoms with van der Waals surface area (Å²) < 4.78 is 1.63. The highest BCUT2D eigenvalue weighted by atomic mass is 32.2. The Morgan fingerprint density at radius 1 is 1.23 bits per heavy atom. The lowest BCUT2D eigenvalue weighted by atomic mass is 9.90. The fourth-order valence-electron chi connectivity index (χ4n) is 3.33. The lowest BCUT2D eigenvalue weighted by Crippen LogP contribution is -2.38. The van der Waals surface area contributed by atoms with Gasteiger partial charge in [-0.1, -0.05) is 41.6 Å². The van der Waals surface area contributed by atoms with Gasteiger partial charge in [0.05, 0.1) is 0 Å². The lowest BCUT2D eigenvalue weighted by molar-refractivity contribution is -0.132. The molecule has 0 bridgehead atoms. The van der Waals surface area contributed by atoms with Gasteiger partial charge in [0.1, 0.15) is 0 Å². The van der Waals surface area contributed by atoms with Crippen molar-refractivity contribution in [3.05, 3.63) is 35.4 Å². The van der Waals surface area contributed by atoms with E-state index in [-0.39, 0.29) is 5.91 Å². The normalized spacial score (nSPS) is 15.4. The first-order valence-corrected chi connectivity index (χ1v) is 10.3. The maximum Gasteiger partial charge on any atom is 0.223 e. The molecule has 1 fully saturated rings. The molecule has 6 nitrogen and oxygen atoms in total. The highest BCUT2D eigenvalue weighted by Crippen LogP contribution is 2.23. The molecule has 0 aliphatic carbocycles. The molecule has 0 saturated carbocycles. The van der Waals surface area contributed by atoms with E-state index in [2.05, 4.69) is 46.7 Å². The van der Waals surface area contributed by atoms with Gasteiger partial charge in [-0.15, -0.1) is 5.10 Å². The van der Waals surface area contributed by atoms with Gasteiger partial charge in [-0.2, -0.15) is 0 Å². The smallest absolute Gasteiger partial charge is 0.223 e. The average Bonchev–Trinajstić information content (AvgIpc) is 3.06. The van der Waals surface area contributed by atoms with Gasteiger partial charge < -0.3 is 4.90 Å². The first-order valence-electron chi connectivity index (χ1n) is 9.30. The molecule has 2 aromatic rings. The number of amides is 1. The van der Waals surface area contributed by atoms with E-state index in [0.29, 0.717) is 6.42 Å². The third-order valence-electron chi connectivity index (χ3n) is 5.06. The molecule has 0 unspecified atom stereocenters. The monoisotopic (exact) mass is 373 g/mol. The van der Waals surface area contributed by atoms with Gasteiger partial charge in [0.2, 0.25) is 11.1 Å². The molecular formula is C19H27N5OS. The van der Waals surface area contributed by atoms with Crippen LogP contribution in [-0.2, 0) is 18.3 Å². The van der Waals surface area contributed by atoms with Crippen molar-refractivity contribution in [1.82, 2.24) is 25.1 Å². The molecule has 0 N–H and O–H groups in total. The Bertz CT molecular complexity index is 707. The van der Waals surface area contributed by atoms with Crippen molar-refractivity contribution in [2.24, 2.45) is 13.0 Å². The molecule has 26 heavy (non-hydrogen) atoms. The molecule has 140 valence electrons. The fraction of sp³-hybridized carbons (Fsp3) is 0.579. The topological polar surface area (TPSA) is 63.9 Å². The van der Waals surface area contributed by atoms with Crippen LogP contribution in [0.15, 0.2) is 29.4 Å². The number of piperidine rings is 1. The number of rotatable bonds is 7. The Kier molecular flexibility index (Phi) is 6.66. The molecule has 1 aromatic carbocycles. The average molecular weight is 374 g/mol. The Hall–Kier alpha value is -1.89. The van der Waals surface area contributed by atoms with Crippen LogP contribution in [0.2, 0.25) is 0 Å². The number of nitrogens with zero attached hydrogens (tertiary/aromatic N) is 5. The number of carbonyl (C=O) groups is 1. The second-order valence-corrected chi connectivity index (χ2v) is 8.09. The SMILES string of the molecule is Cc1ccc(CCC2CCN(C(=O)CCSc3nnnn3C)CC2)cc1. The standard InChI is InChI=1S/C19H27N5OS/c1-15-3-5-16(6-4-15)7-8-17-9-12-24(13-10-17)18(25)11-14-26-19-20-21-22-23(19)2/h3-6,17H,7-14H2,1-2H3. The summed E-state index contributed by atoms with van der Waals surface area (Å²) in [4.78, 5) is 14.4. The summed E-state index contributed by atoms with van der Waals surface area (Å²) in [6.07, 6.45) is 5.16. The van der Waals surface area contributed by atoms with E-state index in [4.69, 9.17) is 0 Å². The summed E-state index contributed by atoms with van der Waals surface area (Å²) in [7, 11) is 1.81. The Morgan fingerprint density at radius 2 is 1.96 bits per heavy atom. The minimum absolute atomic E-state index is 0.254. The molecule has 0 radical (unpaired) electrons. The molecule has 1 aliphatic heterocycles. The summed E-state index contributed by atoms with van der Waals surface area (Å²) in [6, 6.07) is 8.84. The van der Waals surface area contributed by atoms with Gasteiger partial charge in [-0.3, -0.25) is 4.79 Å². The molecular weight excluding hydrogens is 346 g/mol. The lowest BCUT2D eigenvalue weighted by Gasteiger charge is -2.32. The van der Waals surface area contributed by atoms with E-state index in [1.54, 1.807) is 4.68 Å². The van der Waals surface area contributed by atoms with Crippen molar-refractivity contribution in [1.29, 1.82) is 0 Å². The van der Waals surface area contributed by atoms with Gasteiger partial charge in [0.25, 0.3) is 0 Å². The van der Waals surface area contributed by atoms with Crippen molar-refractivity contribution >= 4 is 17.7 Å². The molecule has 1 saturated heterocycles. The summed E-state index contributed by atoms with van der Waals surface area (Å²) >= 11 is 1.53. The van der Waals surface area contributed by atoms with Crippen LogP contribution in [0.3, 0.4) is 0 Å². The maximum absolute atomic E-state index is 12.4. The summed E-state index contributed by atoms with van der Waals surface area (Å²) in [6.45, 7) is 3.92. The van der Waals surface area contributed by atoms with Crippen molar-refractivity contribution in [3.8, 4) is 0 Å². The highest BCUT2D eigenvalue weighted by molar-refractivity contribution is 7.99. The van der Waals surface area contributed by atoms with Crippen LogP contribution in [0.1, 0.15) is 36.8 Å². The number of benzene rings is 1. The molecule has 0 atom stereocenters. The van der Waals surface area contributed by atoms with E-state index in [0.717, 1.165) is 49.2 Å². The zero-order valence-corrected chi connectivity index (χ0v) is 16.4. The zero-order chi connectivity index (χ0) is 18.4. The molecule has 3 rings (SSSR count). The first-order chi connectivity index (χ1) is 12.6. The van der Waals surface area contributed by atoms with E-state index in [1.165, 1.54) is 29.3 Å². The number of thioether (sulfide) groups is 1. The van der Waals surface area contributed by atoms with Crippen LogP contribution in [0.4, 0.5) is 0 Å². The van der Waals surface area contributed by atoms with Crippen LogP contribution in [0.5, 0.6) is 0 Å². The number of carbonyl (C=O) groups excluding carboxylic acids is 1. The second-order valence-electron chi connectivity index (χ2n) is 7.03. The Balaban J connectivity index is 1.34. The quantitative estimate of drug-likeness (QED) is 0.698. The maximum atomic E-state index is 12.4. The van der Waals surface area contributed by atoms with Crippen molar-refractivity contribution < 1.29 is 4.79 Å². The largest absolute Gasteiger partial charge is 0.343 e. The zero-order valence-electron chi connectivity index (χ0n) is 15.6. The van der Waals surface area contributed by atoms with Gasteiger partial charge in [-0.25, -0.2) is 4.68 Å². The fourth-order valence-corrected chi connectivity index (χ4v) is 4.10. The number of aryl methyl sites for hydroxylation is 3. The number of hydrogen-bond acceptors (Lipinski definition) is 5. The summed E-state index contributed by atoms with van der Waals surface area (Å²) in [5.74, 6) is 1.71. The van der Waals surface area contributed by atoms with Crippen LogP contribution in [0, 0.1) is 12.8 Å². The summed E-state index contributed by atoms with van der Waals surface area (Å²) in [5, 5.41) is 12.1. The van der Waals surface area contributed by atoms with Crippen LogP contribution >= 0.6 is 11.8 Å². The van der Waals surface area contributed by atoms with E-state index >= 15 is 0 Å².